The standard InChI is InChI=1S/C22H20F3N5O3/c23-22(24,25)33-18-5-3-15(4-6-18)19-12-17(14-28-29-19)21(31)27-13-16-2-1-7-26-20(16)30-8-10-32-11-9-30/h1-7,12,14H,8-11,13H2,(H,27,31). The molecule has 0 radical (unpaired) electrons. The quantitative estimate of drug-likeness (QED) is 0.606. The molecule has 0 spiro atoms. The van der Waals surface area contributed by atoms with Crippen molar-refractivity contribution in [2.24, 2.45) is 0 Å². The van der Waals surface area contributed by atoms with Crippen LogP contribution in [0.15, 0.2) is 54.9 Å². The zero-order valence-corrected chi connectivity index (χ0v) is 17.4. The van der Waals surface area contributed by atoms with E-state index in [-0.39, 0.29) is 23.8 Å². The third kappa shape index (κ3) is 5.95. The van der Waals surface area contributed by atoms with Gasteiger partial charge in [-0.15, -0.1) is 13.2 Å². The van der Waals surface area contributed by atoms with Crippen LogP contribution < -0.4 is 15.0 Å². The highest BCUT2D eigenvalue weighted by atomic mass is 19.4. The van der Waals surface area contributed by atoms with Crippen LogP contribution in [-0.4, -0.2) is 53.8 Å². The molecule has 11 heteroatoms. The molecule has 0 unspecified atom stereocenters. The summed E-state index contributed by atoms with van der Waals surface area (Å²) in [5.41, 5.74) is 1.98. The molecule has 0 saturated carbocycles. The predicted octanol–water partition coefficient (Wildman–Crippen LogP) is 3.20. The highest BCUT2D eigenvalue weighted by molar-refractivity contribution is 5.94. The van der Waals surface area contributed by atoms with Gasteiger partial charge in [0.15, 0.2) is 0 Å². The van der Waals surface area contributed by atoms with Gasteiger partial charge in [0.05, 0.1) is 30.7 Å². The number of ether oxygens (including phenoxy) is 2. The average molecular weight is 459 g/mol. The van der Waals surface area contributed by atoms with Crippen molar-refractivity contribution in [3.8, 4) is 17.0 Å². The lowest BCUT2D eigenvalue weighted by Crippen LogP contribution is -2.37. The molecule has 1 aliphatic rings. The van der Waals surface area contributed by atoms with E-state index in [0.717, 1.165) is 24.5 Å². The third-order valence-electron chi connectivity index (χ3n) is 4.92. The van der Waals surface area contributed by atoms with Crippen molar-refractivity contribution in [1.29, 1.82) is 0 Å². The second kappa shape index (κ2) is 9.82. The van der Waals surface area contributed by atoms with Crippen LogP contribution in [-0.2, 0) is 11.3 Å². The van der Waals surface area contributed by atoms with Gasteiger partial charge in [-0.05, 0) is 36.4 Å². The number of pyridine rings is 1. The summed E-state index contributed by atoms with van der Waals surface area (Å²) in [5.74, 6) is 0.0939. The molecule has 1 aliphatic heterocycles. The summed E-state index contributed by atoms with van der Waals surface area (Å²) in [5, 5.41) is 10.7. The Hall–Kier alpha value is -3.73. The largest absolute Gasteiger partial charge is 0.573 e. The number of nitrogens with zero attached hydrogens (tertiary/aromatic N) is 4. The first-order chi connectivity index (χ1) is 15.9. The Morgan fingerprint density at radius 2 is 1.91 bits per heavy atom. The highest BCUT2D eigenvalue weighted by Gasteiger charge is 2.31. The third-order valence-corrected chi connectivity index (χ3v) is 4.92. The number of rotatable bonds is 6. The van der Waals surface area contributed by atoms with Crippen molar-refractivity contribution >= 4 is 11.7 Å². The fraction of sp³-hybridized carbons (Fsp3) is 0.273. The summed E-state index contributed by atoms with van der Waals surface area (Å²) in [6.07, 6.45) is -1.73. The molecule has 3 heterocycles. The molecule has 0 atom stereocenters. The number of carbonyl (C=O) groups is 1. The number of alkyl halides is 3. The molecule has 3 aromatic rings. The number of amides is 1. The lowest BCUT2D eigenvalue weighted by atomic mass is 10.1. The molecule has 1 saturated heterocycles. The van der Waals surface area contributed by atoms with Crippen LogP contribution in [0.5, 0.6) is 5.75 Å². The number of hydrogen-bond acceptors (Lipinski definition) is 7. The lowest BCUT2D eigenvalue weighted by molar-refractivity contribution is -0.274. The van der Waals surface area contributed by atoms with Crippen molar-refractivity contribution in [3.05, 3.63) is 66.0 Å². The molecule has 2 aromatic heterocycles. The van der Waals surface area contributed by atoms with Crippen molar-refractivity contribution in [1.82, 2.24) is 20.5 Å². The first kappa shape index (κ1) is 22.5. The second-order valence-electron chi connectivity index (χ2n) is 7.17. The summed E-state index contributed by atoms with van der Waals surface area (Å²) in [6.45, 7) is 2.96. The molecule has 1 aromatic carbocycles. The van der Waals surface area contributed by atoms with Crippen LogP contribution in [0.2, 0.25) is 0 Å². The van der Waals surface area contributed by atoms with Gasteiger partial charge in [-0.25, -0.2) is 4.98 Å². The summed E-state index contributed by atoms with van der Waals surface area (Å²) in [4.78, 5) is 19.3. The number of nitrogens with one attached hydrogen (secondary N) is 1. The Morgan fingerprint density at radius 1 is 1.15 bits per heavy atom. The van der Waals surface area contributed by atoms with Crippen LogP contribution in [0.25, 0.3) is 11.3 Å². The minimum absolute atomic E-state index is 0.264. The molecule has 1 amide bonds. The van der Waals surface area contributed by atoms with E-state index in [2.05, 4.69) is 30.1 Å². The molecule has 0 bridgehead atoms. The number of halogens is 3. The summed E-state index contributed by atoms with van der Waals surface area (Å²) >= 11 is 0. The van der Waals surface area contributed by atoms with Gasteiger partial charge in [0.25, 0.3) is 5.91 Å². The fourth-order valence-electron chi connectivity index (χ4n) is 3.37. The van der Waals surface area contributed by atoms with Crippen molar-refractivity contribution in [2.75, 3.05) is 31.2 Å². The minimum Gasteiger partial charge on any atom is -0.406 e. The lowest BCUT2D eigenvalue weighted by Gasteiger charge is -2.29. The van der Waals surface area contributed by atoms with Gasteiger partial charge in [0.1, 0.15) is 11.6 Å². The van der Waals surface area contributed by atoms with Crippen LogP contribution >= 0.6 is 0 Å². The monoisotopic (exact) mass is 459 g/mol. The highest BCUT2D eigenvalue weighted by Crippen LogP contribution is 2.26. The van der Waals surface area contributed by atoms with Crippen LogP contribution in [0.3, 0.4) is 0 Å². The van der Waals surface area contributed by atoms with Gasteiger partial charge in [0.2, 0.25) is 0 Å². The molecule has 8 nitrogen and oxygen atoms in total. The Bertz CT molecular complexity index is 1100. The zero-order chi connectivity index (χ0) is 23.3. The summed E-state index contributed by atoms with van der Waals surface area (Å²) in [6, 6.07) is 10.4. The fourth-order valence-corrected chi connectivity index (χ4v) is 3.37. The Kier molecular flexibility index (Phi) is 6.68. The Balaban J connectivity index is 1.44. The summed E-state index contributed by atoms with van der Waals surface area (Å²) < 4.78 is 46.2. The van der Waals surface area contributed by atoms with Gasteiger partial charge < -0.3 is 19.7 Å². The van der Waals surface area contributed by atoms with Gasteiger partial charge in [-0.1, -0.05) is 6.07 Å². The number of anilines is 1. The smallest absolute Gasteiger partial charge is 0.406 e. The summed E-state index contributed by atoms with van der Waals surface area (Å²) in [7, 11) is 0. The maximum atomic E-state index is 12.7. The Morgan fingerprint density at radius 3 is 2.64 bits per heavy atom. The molecule has 4 rings (SSSR count). The number of benzene rings is 1. The topological polar surface area (TPSA) is 89.5 Å². The second-order valence-corrected chi connectivity index (χ2v) is 7.17. The number of carbonyl (C=O) groups excluding carboxylic acids is 1. The maximum Gasteiger partial charge on any atom is 0.573 e. The number of aromatic nitrogens is 3. The van der Waals surface area contributed by atoms with Gasteiger partial charge in [0, 0.05) is 37.0 Å². The minimum atomic E-state index is -4.77. The molecule has 33 heavy (non-hydrogen) atoms. The van der Waals surface area contributed by atoms with Crippen molar-refractivity contribution < 1.29 is 27.4 Å². The Labute approximate surface area is 187 Å². The van der Waals surface area contributed by atoms with Gasteiger partial charge in [-0.3, -0.25) is 4.79 Å². The van der Waals surface area contributed by atoms with E-state index < -0.39 is 6.36 Å². The van der Waals surface area contributed by atoms with E-state index in [9.17, 15) is 18.0 Å². The maximum absolute atomic E-state index is 12.7. The molecule has 0 aliphatic carbocycles. The predicted molar refractivity (Wildman–Crippen MR) is 113 cm³/mol. The molecular weight excluding hydrogens is 439 g/mol. The average Bonchev–Trinajstić information content (AvgIpc) is 2.83. The molecule has 1 fully saturated rings. The molecular formula is C22H20F3N5O3. The van der Waals surface area contributed by atoms with E-state index in [1.165, 1.54) is 36.5 Å². The van der Waals surface area contributed by atoms with E-state index in [1.807, 2.05) is 12.1 Å². The first-order valence-electron chi connectivity index (χ1n) is 10.1. The van der Waals surface area contributed by atoms with E-state index in [4.69, 9.17) is 4.74 Å². The van der Waals surface area contributed by atoms with E-state index in [0.29, 0.717) is 24.5 Å². The number of morpholine rings is 1. The molecule has 1 N–H and O–H groups in total. The van der Waals surface area contributed by atoms with Crippen LogP contribution in [0.4, 0.5) is 19.0 Å². The van der Waals surface area contributed by atoms with E-state index in [1.54, 1.807) is 6.20 Å². The van der Waals surface area contributed by atoms with Gasteiger partial charge >= 0.3 is 6.36 Å². The van der Waals surface area contributed by atoms with Crippen LogP contribution in [0.1, 0.15) is 15.9 Å². The first-order valence-corrected chi connectivity index (χ1v) is 10.1. The van der Waals surface area contributed by atoms with E-state index >= 15 is 0 Å². The van der Waals surface area contributed by atoms with Crippen molar-refractivity contribution in [2.45, 2.75) is 12.9 Å². The molecule has 172 valence electrons. The van der Waals surface area contributed by atoms with Crippen LogP contribution in [0, 0.1) is 0 Å². The SMILES string of the molecule is O=C(NCc1cccnc1N1CCOCC1)c1cnnc(-c2ccc(OC(F)(F)F)cc2)c1. The zero-order valence-electron chi connectivity index (χ0n) is 17.4. The number of hydrogen-bond donors (Lipinski definition) is 1. The normalized spacial score (nSPS) is 14.1. The van der Waals surface area contributed by atoms with Gasteiger partial charge in [-0.2, -0.15) is 10.2 Å². The van der Waals surface area contributed by atoms with Crippen molar-refractivity contribution in [3.63, 3.8) is 0 Å².